The van der Waals surface area contributed by atoms with E-state index >= 15 is 0 Å². The Balaban J connectivity index is 1.69. The van der Waals surface area contributed by atoms with Gasteiger partial charge in [0, 0.05) is 11.4 Å². The summed E-state index contributed by atoms with van der Waals surface area (Å²) in [6.45, 7) is 1.65. The van der Waals surface area contributed by atoms with Crippen molar-refractivity contribution in [2.24, 2.45) is 0 Å². The van der Waals surface area contributed by atoms with E-state index in [2.05, 4.69) is 10.6 Å². The monoisotopic (exact) mass is 258 g/mol. The van der Waals surface area contributed by atoms with E-state index in [0.29, 0.717) is 6.54 Å². The Morgan fingerprint density at radius 1 is 1.62 bits per heavy atom. The van der Waals surface area contributed by atoms with Crippen LogP contribution in [0.3, 0.4) is 0 Å². The second-order valence-electron chi connectivity index (χ2n) is 3.90. The van der Waals surface area contributed by atoms with Gasteiger partial charge in [0.15, 0.2) is 0 Å². The maximum Gasteiger partial charge on any atom is 0.237 e. The summed E-state index contributed by atoms with van der Waals surface area (Å²) < 4.78 is 0.804. The van der Waals surface area contributed by atoms with E-state index in [1.807, 2.05) is 12.1 Å². The fraction of sp³-hybridized carbons (Fsp3) is 0.545. The number of nitrogens with one attached hydrogen (secondary N) is 2. The van der Waals surface area contributed by atoms with E-state index in [9.17, 15) is 4.79 Å². The van der Waals surface area contributed by atoms with Crippen molar-refractivity contribution in [2.45, 2.75) is 25.3 Å². The normalized spacial score (nSPS) is 19.9. The average molecular weight is 259 g/mol. The van der Waals surface area contributed by atoms with Crippen molar-refractivity contribution >= 4 is 28.8 Å². The van der Waals surface area contributed by atoms with Crippen LogP contribution in [0.2, 0.25) is 4.34 Å². The lowest BCUT2D eigenvalue weighted by molar-refractivity contribution is -0.122. The molecule has 0 radical (unpaired) electrons. The number of halogens is 1. The molecule has 1 atom stereocenters. The van der Waals surface area contributed by atoms with Crippen molar-refractivity contribution in [1.82, 2.24) is 10.6 Å². The molecule has 1 fully saturated rings. The highest BCUT2D eigenvalue weighted by molar-refractivity contribution is 7.16. The van der Waals surface area contributed by atoms with Crippen LogP contribution in [0.15, 0.2) is 12.1 Å². The molecule has 1 aromatic heterocycles. The van der Waals surface area contributed by atoms with Crippen LogP contribution in [0.4, 0.5) is 0 Å². The molecule has 1 amide bonds. The van der Waals surface area contributed by atoms with E-state index in [1.54, 1.807) is 11.3 Å². The van der Waals surface area contributed by atoms with E-state index in [-0.39, 0.29) is 11.9 Å². The zero-order valence-corrected chi connectivity index (χ0v) is 10.5. The molecule has 1 aliphatic heterocycles. The lowest BCUT2D eigenvalue weighted by atomic mass is 10.2. The van der Waals surface area contributed by atoms with Gasteiger partial charge in [-0.2, -0.15) is 0 Å². The van der Waals surface area contributed by atoms with Gasteiger partial charge in [0.05, 0.1) is 10.4 Å². The largest absolute Gasteiger partial charge is 0.354 e. The molecule has 2 N–H and O–H groups in total. The van der Waals surface area contributed by atoms with E-state index in [4.69, 9.17) is 11.6 Å². The topological polar surface area (TPSA) is 41.1 Å². The third kappa shape index (κ3) is 3.20. The Kier molecular flexibility index (Phi) is 4.21. The second-order valence-corrected chi connectivity index (χ2v) is 5.70. The van der Waals surface area contributed by atoms with Crippen molar-refractivity contribution < 1.29 is 4.79 Å². The minimum absolute atomic E-state index is 0.0203. The van der Waals surface area contributed by atoms with Crippen molar-refractivity contribution in [3.8, 4) is 0 Å². The first-order chi connectivity index (χ1) is 7.75. The third-order valence-corrected chi connectivity index (χ3v) is 3.97. The summed E-state index contributed by atoms with van der Waals surface area (Å²) in [5, 5.41) is 6.12. The highest BCUT2D eigenvalue weighted by atomic mass is 35.5. The SMILES string of the molecule is O=C(NCCc1ccc(Cl)s1)[C@@H]1CCCN1. The summed E-state index contributed by atoms with van der Waals surface area (Å²) in [6, 6.07) is 3.92. The molecule has 2 rings (SSSR count). The number of hydrogen-bond donors (Lipinski definition) is 2. The number of amides is 1. The smallest absolute Gasteiger partial charge is 0.237 e. The minimum Gasteiger partial charge on any atom is -0.354 e. The Hall–Kier alpha value is -0.580. The lowest BCUT2D eigenvalue weighted by Gasteiger charge is -2.10. The summed E-state index contributed by atoms with van der Waals surface area (Å²) in [5.41, 5.74) is 0. The lowest BCUT2D eigenvalue weighted by Crippen LogP contribution is -2.41. The maximum atomic E-state index is 11.6. The molecule has 0 saturated carbocycles. The molecule has 0 aliphatic carbocycles. The molecule has 88 valence electrons. The third-order valence-electron chi connectivity index (χ3n) is 2.68. The average Bonchev–Trinajstić information content (AvgIpc) is 2.89. The number of rotatable bonds is 4. The van der Waals surface area contributed by atoms with Gasteiger partial charge in [-0.15, -0.1) is 11.3 Å². The summed E-state index contributed by atoms with van der Waals surface area (Å²) in [5.74, 6) is 0.125. The number of carbonyl (C=O) groups excluding carboxylic acids is 1. The molecule has 0 aromatic carbocycles. The van der Waals surface area contributed by atoms with Gasteiger partial charge < -0.3 is 10.6 Å². The highest BCUT2D eigenvalue weighted by Gasteiger charge is 2.21. The van der Waals surface area contributed by atoms with Crippen LogP contribution >= 0.6 is 22.9 Å². The van der Waals surface area contributed by atoms with Gasteiger partial charge in [-0.3, -0.25) is 4.79 Å². The van der Waals surface area contributed by atoms with Gasteiger partial charge in [0.1, 0.15) is 0 Å². The van der Waals surface area contributed by atoms with Crippen LogP contribution < -0.4 is 10.6 Å². The van der Waals surface area contributed by atoms with Crippen molar-refractivity contribution in [3.05, 3.63) is 21.3 Å². The Labute approximate surface area is 104 Å². The summed E-state index contributed by atoms with van der Waals surface area (Å²) in [4.78, 5) is 12.9. The van der Waals surface area contributed by atoms with Crippen molar-refractivity contribution in [3.63, 3.8) is 0 Å². The van der Waals surface area contributed by atoms with E-state index < -0.39 is 0 Å². The Bertz CT molecular complexity index is 361. The predicted molar refractivity (Wildman–Crippen MR) is 67.1 cm³/mol. The fourth-order valence-corrected chi connectivity index (χ4v) is 2.91. The molecule has 0 unspecified atom stereocenters. The highest BCUT2D eigenvalue weighted by Crippen LogP contribution is 2.21. The Morgan fingerprint density at radius 2 is 2.50 bits per heavy atom. The number of thiophene rings is 1. The van der Waals surface area contributed by atoms with Crippen LogP contribution in [0.1, 0.15) is 17.7 Å². The zero-order valence-electron chi connectivity index (χ0n) is 8.96. The van der Waals surface area contributed by atoms with Crippen LogP contribution in [0.25, 0.3) is 0 Å². The molecule has 1 aromatic rings. The molecule has 3 nitrogen and oxygen atoms in total. The van der Waals surface area contributed by atoms with Crippen molar-refractivity contribution in [1.29, 1.82) is 0 Å². The number of carbonyl (C=O) groups is 1. The first-order valence-electron chi connectivity index (χ1n) is 5.51. The molecular weight excluding hydrogens is 244 g/mol. The van der Waals surface area contributed by atoms with Gasteiger partial charge in [0.25, 0.3) is 0 Å². The van der Waals surface area contributed by atoms with Crippen LogP contribution in [-0.4, -0.2) is 25.0 Å². The molecule has 1 saturated heterocycles. The van der Waals surface area contributed by atoms with Crippen molar-refractivity contribution in [2.75, 3.05) is 13.1 Å². The maximum absolute atomic E-state index is 11.6. The molecule has 0 bridgehead atoms. The van der Waals surface area contributed by atoms with Gasteiger partial charge in [-0.05, 0) is 37.9 Å². The van der Waals surface area contributed by atoms with E-state index in [0.717, 1.165) is 30.1 Å². The first kappa shape index (κ1) is 11.9. The quantitative estimate of drug-likeness (QED) is 0.865. The predicted octanol–water partition coefficient (Wildman–Crippen LogP) is 1.81. The molecule has 0 spiro atoms. The number of hydrogen-bond acceptors (Lipinski definition) is 3. The molecular formula is C11H15ClN2OS. The summed E-state index contributed by atoms with van der Waals surface area (Å²) in [6.07, 6.45) is 2.91. The summed E-state index contributed by atoms with van der Waals surface area (Å²) >= 11 is 7.40. The van der Waals surface area contributed by atoms with Gasteiger partial charge in [-0.1, -0.05) is 11.6 Å². The first-order valence-corrected chi connectivity index (χ1v) is 6.70. The zero-order chi connectivity index (χ0) is 11.4. The molecule has 5 heteroatoms. The van der Waals surface area contributed by atoms with Crippen LogP contribution in [-0.2, 0) is 11.2 Å². The van der Waals surface area contributed by atoms with Crippen LogP contribution in [0.5, 0.6) is 0 Å². The molecule has 16 heavy (non-hydrogen) atoms. The van der Waals surface area contributed by atoms with Gasteiger partial charge in [-0.25, -0.2) is 0 Å². The van der Waals surface area contributed by atoms with Crippen LogP contribution in [0, 0.1) is 0 Å². The minimum atomic E-state index is 0.0203. The fourth-order valence-electron chi connectivity index (χ4n) is 1.83. The van der Waals surface area contributed by atoms with Gasteiger partial charge in [0.2, 0.25) is 5.91 Å². The molecule has 2 heterocycles. The summed E-state index contributed by atoms with van der Waals surface area (Å²) in [7, 11) is 0. The molecule has 1 aliphatic rings. The Morgan fingerprint density at radius 3 is 3.12 bits per heavy atom. The second kappa shape index (κ2) is 5.66. The van der Waals surface area contributed by atoms with E-state index in [1.165, 1.54) is 4.88 Å². The van der Waals surface area contributed by atoms with Gasteiger partial charge >= 0.3 is 0 Å². The standard InChI is InChI=1S/C11H15ClN2OS/c12-10-4-3-8(16-10)5-7-14-11(15)9-2-1-6-13-9/h3-4,9,13H,1-2,5-7H2,(H,14,15)/t9-/m0/s1.